The maximum Gasteiger partial charge on any atom is 0.289 e. The zero-order chi connectivity index (χ0) is 21.6. The zero-order valence-electron chi connectivity index (χ0n) is 18.3. The van der Waals surface area contributed by atoms with Crippen LogP contribution in [0, 0.1) is 6.92 Å². The number of aromatic nitrogens is 3. The maximum absolute atomic E-state index is 12.5. The van der Waals surface area contributed by atoms with Gasteiger partial charge in [-0.1, -0.05) is 6.07 Å². The van der Waals surface area contributed by atoms with E-state index in [4.69, 9.17) is 9.41 Å². The van der Waals surface area contributed by atoms with Crippen LogP contribution in [0.4, 0.5) is 0 Å². The first-order valence-electron chi connectivity index (χ1n) is 10.5. The third-order valence-electron chi connectivity index (χ3n) is 5.23. The van der Waals surface area contributed by atoms with E-state index >= 15 is 0 Å². The molecule has 9 nitrogen and oxygen atoms in total. The van der Waals surface area contributed by atoms with Crippen LogP contribution in [0.3, 0.4) is 0 Å². The number of halogens is 1. The van der Waals surface area contributed by atoms with Crippen LogP contribution in [-0.2, 0) is 6.54 Å². The van der Waals surface area contributed by atoms with Crippen LogP contribution in [0.25, 0.3) is 5.82 Å². The number of hydrogen-bond acceptors (Lipinski definition) is 5. The summed E-state index contributed by atoms with van der Waals surface area (Å²) in [7, 11) is 0. The number of piperazine rings is 1. The molecule has 1 fully saturated rings. The topological polar surface area (TPSA) is 91.8 Å². The van der Waals surface area contributed by atoms with Gasteiger partial charge in [-0.05, 0) is 37.6 Å². The molecule has 1 aliphatic rings. The normalized spacial score (nSPS) is 14.2. The van der Waals surface area contributed by atoms with E-state index in [1.54, 1.807) is 18.3 Å². The highest BCUT2D eigenvalue weighted by Gasteiger charge is 2.25. The highest BCUT2D eigenvalue weighted by molar-refractivity contribution is 14.0. The van der Waals surface area contributed by atoms with Crippen LogP contribution < -0.4 is 5.32 Å². The van der Waals surface area contributed by atoms with Crippen molar-refractivity contribution in [2.45, 2.75) is 20.4 Å². The van der Waals surface area contributed by atoms with Crippen molar-refractivity contribution in [2.75, 3.05) is 32.7 Å². The number of rotatable bonds is 5. The predicted octanol–water partition coefficient (Wildman–Crippen LogP) is 2.71. The molecule has 170 valence electrons. The van der Waals surface area contributed by atoms with E-state index in [1.807, 2.05) is 40.9 Å². The molecule has 0 unspecified atom stereocenters. The Kier molecular flexibility index (Phi) is 8.26. The quantitative estimate of drug-likeness (QED) is 0.299. The van der Waals surface area contributed by atoms with E-state index in [9.17, 15) is 4.79 Å². The number of carbonyl (C=O) groups excluding carboxylic acids is 1. The van der Waals surface area contributed by atoms with Crippen molar-refractivity contribution in [3.8, 4) is 5.82 Å². The second-order valence-electron chi connectivity index (χ2n) is 7.30. The number of aryl methyl sites for hydroxylation is 1. The van der Waals surface area contributed by atoms with Gasteiger partial charge >= 0.3 is 0 Å². The Bertz CT molecular complexity index is 1020. The van der Waals surface area contributed by atoms with Crippen LogP contribution in [-0.4, -0.2) is 68.9 Å². The standard InChI is InChI=1S/C22H27N7O2.HI/c1-3-23-22(28-12-10-27(11-13-28)21(30)19-5-4-14-31-19)26-16-18-6-7-20(25-15-18)29-9-8-24-17(29)2;/h4-9,14-15H,3,10-13,16H2,1-2H3,(H,23,26);1H. The second kappa shape index (κ2) is 11.1. The zero-order valence-corrected chi connectivity index (χ0v) is 20.6. The van der Waals surface area contributed by atoms with Crippen LogP contribution in [0.5, 0.6) is 0 Å². The summed E-state index contributed by atoms with van der Waals surface area (Å²) < 4.78 is 7.18. The summed E-state index contributed by atoms with van der Waals surface area (Å²) in [6.07, 6.45) is 7.04. The molecule has 10 heteroatoms. The smallest absolute Gasteiger partial charge is 0.289 e. The van der Waals surface area contributed by atoms with Gasteiger partial charge in [-0.25, -0.2) is 15.0 Å². The van der Waals surface area contributed by atoms with Crippen molar-refractivity contribution >= 4 is 35.8 Å². The minimum absolute atomic E-state index is 0. The number of imidazole rings is 1. The number of nitrogens with one attached hydrogen (secondary N) is 1. The number of nitrogens with zero attached hydrogens (tertiary/aromatic N) is 6. The Hall–Kier alpha value is -2.89. The molecular formula is C22H28IN7O2. The van der Waals surface area contributed by atoms with Gasteiger partial charge in [0.05, 0.1) is 12.8 Å². The van der Waals surface area contributed by atoms with Crippen molar-refractivity contribution in [3.05, 3.63) is 66.3 Å². The lowest BCUT2D eigenvalue weighted by atomic mass is 10.2. The fourth-order valence-corrected chi connectivity index (χ4v) is 3.54. The number of guanidine groups is 1. The number of carbonyl (C=O) groups is 1. The van der Waals surface area contributed by atoms with E-state index in [1.165, 1.54) is 6.26 Å². The minimum atomic E-state index is -0.0640. The van der Waals surface area contributed by atoms with E-state index in [0.29, 0.717) is 25.4 Å². The number of hydrogen-bond donors (Lipinski definition) is 1. The summed E-state index contributed by atoms with van der Waals surface area (Å²) in [6, 6.07) is 7.45. The second-order valence-corrected chi connectivity index (χ2v) is 7.30. The lowest BCUT2D eigenvalue weighted by Gasteiger charge is -2.36. The molecule has 0 spiro atoms. The molecule has 0 radical (unpaired) electrons. The van der Waals surface area contributed by atoms with Crippen molar-refractivity contribution in [1.82, 2.24) is 29.7 Å². The molecule has 32 heavy (non-hydrogen) atoms. The van der Waals surface area contributed by atoms with Gasteiger partial charge in [0.1, 0.15) is 11.6 Å². The van der Waals surface area contributed by atoms with Gasteiger partial charge in [-0.2, -0.15) is 0 Å². The Balaban J connectivity index is 0.00000289. The summed E-state index contributed by atoms with van der Waals surface area (Å²) >= 11 is 0. The molecule has 0 aliphatic carbocycles. The molecule has 1 amide bonds. The fourth-order valence-electron chi connectivity index (χ4n) is 3.54. The van der Waals surface area contributed by atoms with Crippen LogP contribution in [0.15, 0.2) is 58.5 Å². The molecule has 4 rings (SSSR count). The van der Waals surface area contributed by atoms with Gasteiger partial charge in [0.2, 0.25) is 0 Å². The summed E-state index contributed by atoms with van der Waals surface area (Å²) in [5.41, 5.74) is 1.03. The van der Waals surface area contributed by atoms with Gasteiger partial charge in [0.25, 0.3) is 5.91 Å². The summed E-state index contributed by atoms with van der Waals surface area (Å²) in [6.45, 7) is 8.01. The van der Waals surface area contributed by atoms with Gasteiger partial charge in [0.15, 0.2) is 11.7 Å². The Labute approximate surface area is 204 Å². The number of aliphatic imine (C=N–C) groups is 1. The Morgan fingerprint density at radius 1 is 1.16 bits per heavy atom. The molecule has 0 atom stereocenters. The lowest BCUT2D eigenvalue weighted by molar-refractivity contribution is 0.0657. The van der Waals surface area contributed by atoms with Gasteiger partial charge < -0.3 is 19.5 Å². The molecule has 0 bridgehead atoms. The van der Waals surface area contributed by atoms with Crippen molar-refractivity contribution in [2.24, 2.45) is 4.99 Å². The molecule has 1 aliphatic heterocycles. The molecule has 0 aromatic carbocycles. The first kappa shape index (κ1) is 23.8. The molecule has 0 saturated carbocycles. The van der Waals surface area contributed by atoms with Crippen molar-refractivity contribution in [1.29, 1.82) is 0 Å². The maximum atomic E-state index is 12.5. The van der Waals surface area contributed by atoms with Gasteiger partial charge in [0, 0.05) is 51.3 Å². The number of pyridine rings is 1. The summed E-state index contributed by atoms with van der Waals surface area (Å²) in [5.74, 6) is 2.91. The van der Waals surface area contributed by atoms with Gasteiger partial charge in [-0.3, -0.25) is 9.36 Å². The number of amides is 1. The summed E-state index contributed by atoms with van der Waals surface area (Å²) in [4.78, 5) is 30.0. The average Bonchev–Trinajstić information content (AvgIpc) is 3.49. The number of furan rings is 1. The van der Waals surface area contributed by atoms with Crippen LogP contribution in [0.2, 0.25) is 0 Å². The monoisotopic (exact) mass is 549 g/mol. The third-order valence-corrected chi connectivity index (χ3v) is 5.23. The molecule has 4 heterocycles. The SMILES string of the molecule is CCNC(=NCc1ccc(-n2ccnc2C)nc1)N1CCN(C(=O)c2ccco2)CC1.I. The molecule has 3 aromatic heterocycles. The van der Waals surface area contributed by atoms with Crippen LogP contribution >= 0.6 is 24.0 Å². The Morgan fingerprint density at radius 2 is 1.94 bits per heavy atom. The molecule has 1 N–H and O–H groups in total. The van der Waals surface area contributed by atoms with Crippen molar-refractivity contribution < 1.29 is 9.21 Å². The average molecular weight is 549 g/mol. The highest BCUT2D eigenvalue weighted by Crippen LogP contribution is 2.11. The van der Waals surface area contributed by atoms with Crippen molar-refractivity contribution in [3.63, 3.8) is 0 Å². The predicted molar refractivity (Wildman–Crippen MR) is 133 cm³/mol. The van der Waals surface area contributed by atoms with E-state index in [2.05, 4.69) is 27.1 Å². The minimum Gasteiger partial charge on any atom is -0.459 e. The summed E-state index contributed by atoms with van der Waals surface area (Å²) in [5, 5.41) is 3.36. The third kappa shape index (κ3) is 5.47. The van der Waals surface area contributed by atoms with Crippen LogP contribution in [0.1, 0.15) is 28.9 Å². The molecule has 3 aromatic rings. The first-order valence-corrected chi connectivity index (χ1v) is 10.5. The largest absolute Gasteiger partial charge is 0.459 e. The molecular weight excluding hydrogens is 521 g/mol. The fraction of sp³-hybridized carbons (Fsp3) is 0.364. The Morgan fingerprint density at radius 3 is 2.53 bits per heavy atom. The van der Waals surface area contributed by atoms with Gasteiger partial charge in [-0.15, -0.1) is 24.0 Å². The lowest BCUT2D eigenvalue weighted by Crippen LogP contribution is -2.53. The highest BCUT2D eigenvalue weighted by atomic mass is 127. The van der Waals surface area contributed by atoms with E-state index in [0.717, 1.165) is 42.8 Å². The molecule has 1 saturated heterocycles. The first-order chi connectivity index (χ1) is 15.2. The van der Waals surface area contributed by atoms with E-state index in [-0.39, 0.29) is 29.9 Å². The van der Waals surface area contributed by atoms with E-state index < -0.39 is 0 Å².